The molecule has 3 N–H and O–H groups in total. The number of carbonyl (C=O) groups is 1. The van der Waals surface area contributed by atoms with Gasteiger partial charge in [-0.2, -0.15) is 0 Å². The van der Waals surface area contributed by atoms with E-state index in [0.717, 1.165) is 4.88 Å². The van der Waals surface area contributed by atoms with Crippen LogP contribution in [0.25, 0.3) is 0 Å². The number of amides is 1. The van der Waals surface area contributed by atoms with E-state index in [1.54, 1.807) is 18.3 Å². The molecule has 0 fully saturated rings. The van der Waals surface area contributed by atoms with Gasteiger partial charge in [-0.05, 0) is 45.0 Å². The van der Waals surface area contributed by atoms with Gasteiger partial charge in [0, 0.05) is 26.6 Å². The number of rotatable bonds is 3. The van der Waals surface area contributed by atoms with Crippen LogP contribution in [0.5, 0.6) is 0 Å². The van der Waals surface area contributed by atoms with Crippen molar-refractivity contribution in [1.29, 1.82) is 0 Å². The molecule has 20 heavy (non-hydrogen) atoms. The summed E-state index contributed by atoms with van der Waals surface area (Å²) in [4.78, 5) is 14.4. The van der Waals surface area contributed by atoms with Crippen LogP contribution >= 0.6 is 11.3 Å². The monoisotopic (exact) mass is 292 g/mol. The lowest BCUT2D eigenvalue weighted by Gasteiger charge is -2.13. The highest BCUT2D eigenvalue weighted by molar-refractivity contribution is 7.12. The second-order valence-electron chi connectivity index (χ2n) is 4.82. The second-order valence-corrected chi connectivity index (χ2v) is 6.14. The van der Waals surface area contributed by atoms with Crippen molar-refractivity contribution in [1.82, 2.24) is 5.32 Å². The summed E-state index contributed by atoms with van der Waals surface area (Å²) in [6, 6.07) is 6.58. The Morgan fingerprint density at radius 2 is 2.05 bits per heavy atom. The van der Waals surface area contributed by atoms with E-state index in [2.05, 4.69) is 5.32 Å². The second kappa shape index (κ2) is 5.63. The molecule has 0 radical (unpaired) electrons. The van der Waals surface area contributed by atoms with Crippen molar-refractivity contribution in [2.75, 3.05) is 5.73 Å². The van der Waals surface area contributed by atoms with E-state index in [1.807, 2.05) is 26.0 Å². The van der Waals surface area contributed by atoms with Crippen LogP contribution in [0, 0.1) is 19.7 Å². The molecule has 1 atom stereocenters. The summed E-state index contributed by atoms with van der Waals surface area (Å²) in [7, 11) is 0. The Morgan fingerprint density at radius 1 is 1.35 bits per heavy atom. The molecule has 0 saturated carbocycles. The van der Waals surface area contributed by atoms with Crippen LogP contribution in [0.2, 0.25) is 0 Å². The summed E-state index contributed by atoms with van der Waals surface area (Å²) in [5.41, 5.74) is 6.58. The molecule has 1 heterocycles. The smallest absolute Gasteiger partial charge is 0.251 e. The fourth-order valence-electron chi connectivity index (χ4n) is 1.87. The largest absolute Gasteiger partial charge is 0.398 e. The van der Waals surface area contributed by atoms with Gasteiger partial charge in [-0.3, -0.25) is 4.79 Å². The number of benzene rings is 1. The van der Waals surface area contributed by atoms with E-state index in [1.165, 1.54) is 17.0 Å². The number of halogens is 1. The number of nitrogens with one attached hydrogen (secondary N) is 1. The lowest BCUT2D eigenvalue weighted by atomic mass is 10.1. The molecule has 3 nitrogen and oxygen atoms in total. The van der Waals surface area contributed by atoms with E-state index in [-0.39, 0.29) is 23.2 Å². The third kappa shape index (κ3) is 2.99. The minimum atomic E-state index is -0.463. The minimum Gasteiger partial charge on any atom is -0.398 e. The number of anilines is 1. The van der Waals surface area contributed by atoms with Crippen LogP contribution in [-0.2, 0) is 0 Å². The quantitative estimate of drug-likeness (QED) is 0.850. The molecule has 1 amide bonds. The Hall–Kier alpha value is -1.88. The number of hydrogen-bond acceptors (Lipinski definition) is 3. The van der Waals surface area contributed by atoms with Crippen molar-refractivity contribution in [3.05, 3.63) is 51.0 Å². The standard InChI is InChI=1S/C15H17FN2OS/c1-8-4-5-14(20-8)10(3)18-15(19)11-6-12(16)9(2)13(17)7-11/h4-7,10H,17H2,1-3H3,(H,18,19). The molecule has 2 rings (SSSR count). The van der Waals surface area contributed by atoms with Crippen molar-refractivity contribution in [2.45, 2.75) is 26.8 Å². The number of carbonyl (C=O) groups excluding carboxylic acids is 1. The van der Waals surface area contributed by atoms with Crippen molar-refractivity contribution in [3.8, 4) is 0 Å². The van der Waals surface area contributed by atoms with Crippen LogP contribution in [0.15, 0.2) is 24.3 Å². The van der Waals surface area contributed by atoms with Gasteiger partial charge >= 0.3 is 0 Å². The molecule has 0 aliphatic rings. The van der Waals surface area contributed by atoms with Gasteiger partial charge in [0.2, 0.25) is 0 Å². The molecule has 5 heteroatoms. The third-order valence-electron chi connectivity index (χ3n) is 3.18. The maximum atomic E-state index is 13.6. The zero-order valence-electron chi connectivity index (χ0n) is 11.7. The highest BCUT2D eigenvalue weighted by Crippen LogP contribution is 2.23. The van der Waals surface area contributed by atoms with Crippen LogP contribution < -0.4 is 11.1 Å². The zero-order valence-corrected chi connectivity index (χ0v) is 12.5. The Labute approximate surface area is 121 Å². The van der Waals surface area contributed by atoms with Gasteiger partial charge < -0.3 is 11.1 Å². The van der Waals surface area contributed by atoms with Crippen LogP contribution in [-0.4, -0.2) is 5.91 Å². The molecule has 1 aromatic heterocycles. The van der Waals surface area contributed by atoms with Crippen molar-refractivity contribution >= 4 is 22.9 Å². The number of hydrogen-bond donors (Lipinski definition) is 2. The van der Waals surface area contributed by atoms with E-state index in [4.69, 9.17) is 5.73 Å². The first kappa shape index (κ1) is 14.5. The molecular formula is C15H17FN2OS. The minimum absolute atomic E-state index is 0.119. The number of nitrogen functional groups attached to an aromatic ring is 1. The molecule has 0 aliphatic carbocycles. The summed E-state index contributed by atoms with van der Waals surface area (Å²) in [6.45, 7) is 5.50. The van der Waals surface area contributed by atoms with E-state index in [0.29, 0.717) is 5.56 Å². The average molecular weight is 292 g/mol. The van der Waals surface area contributed by atoms with Gasteiger partial charge in [-0.15, -0.1) is 11.3 Å². The molecule has 1 unspecified atom stereocenters. The Morgan fingerprint density at radius 3 is 2.60 bits per heavy atom. The molecule has 0 bridgehead atoms. The lowest BCUT2D eigenvalue weighted by molar-refractivity contribution is 0.0940. The highest BCUT2D eigenvalue weighted by atomic mass is 32.1. The van der Waals surface area contributed by atoms with E-state index in [9.17, 15) is 9.18 Å². The first-order valence-electron chi connectivity index (χ1n) is 6.31. The van der Waals surface area contributed by atoms with Crippen molar-refractivity contribution in [2.24, 2.45) is 0 Å². The molecule has 2 aromatic rings. The van der Waals surface area contributed by atoms with Gasteiger partial charge in [0.1, 0.15) is 5.82 Å². The molecule has 0 saturated heterocycles. The van der Waals surface area contributed by atoms with Crippen LogP contribution in [0.3, 0.4) is 0 Å². The van der Waals surface area contributed by atoms with Gasteiger partial charge in [-0.1, -0.05) is 0 Å². The highest BCUT2D eigenvalue weighted by Gasteiger charge is 2.15. The first-order valence-corrected chi connectivity index (χ1v) is 7.13. The maximum Gasteiger partial charge on any atom is 0.251 e. The fraction of sp³-hybridized carbons (Fsp3) is 0.267. The third-order valence-corrected chi connectivity index (χ3v) is 4.37. The average Bonchev–Trinajstić information content (AvgIpc) is 2.82. The normalized spacial score (nSPS) is 12.2. The topological polar surface area (TPSA) is 55.1 Å². The summed E-state index contributed by atoms with van der Waals surface area (Å²) in [6.07, 6.45) is 0. The predicted molar refractivity (Wildman–Crippen MR) is 80.5 cm³/mol. The fourth-order valence-corrected chi connectivity index (χ4v) is 2.75. The van der Waals surface area contributed by atoms with E-state index >= 15 is 0 Å². The predicted octanol–water partition coefficient (Wildman–Crippen LogP) is 3.58. The summed E-state index contributed by atoms with van der Waals surface area (Å²) in [5.74, 6) is -0.788. The Balaban J connectivity index is 2.16. The molecule has 0 spiro atoms. The number of thiophene rings is 1. The van der Waals surface area contributed by atoms with Gasteiger partial charge in [-0.25, -0.2) is 4.39 Å². The molecule has 0 aliphatic heterocycles. The summed E-state index contributed by atoms with van der Waals surface area (Å²) >= 11 is 1.63. The van der Waals surface area contributed by atoms with Gasteiger partial charge in [0.05, 0.1) is 6.04 Å². The first-order chi connectivity index (χ1) is 9.38. The number of nitrogens with two attached hydrogens (primary N) is 1. The van der Waals surface area contributed by atoms with E-state index < -0.39 is 5.82 Å². The van der Waals surface area contributed by atoms with Crippen LogP contribution in [0.1, 0.15) is 38.6 Å². The number of aryl methyl sites for hydroxylation is 1. The van der Waals surface area contributed by atoms with Crippen LogP contribution in [0.4, 0.5) is 10.1 Å². The Bertz CT molecular complexity index is 628. The SMILES string of the molecule is Cc1ccc(C(C)NC(=O)c2cc(N)c(C)c(F)c2)s1. The van der Waals surface area contributed by atoms with Crippen molar-refractivity contribution in [3.63, 3.8) is 0 Å². The summed E-state index contributed by atoms with van der Waals surface area (Å²) < 4.78 is 13.6. The maximum absolute atomic E-state index is 13.6. The molecular weight excluding hydrogens is 275 g/mol. The summed E-state index contributed by atoms with van der Waals surface area (Å²) in [5, 5.41) is 2.85. The lowest BCUT2D eigenvalue weighted by Crippen LogP contribution is -2.26. The zero-order chi connectivity index (χ0) is 14.9. The molecule has 1 aromatic carbocycles. The Kier molecular flexibility index (Phi) is 4.09. The van der Waals surface area contributed by atoms with Gasteiger partial charge in [0.15, 0.2) is 0 Å². The molecule has 106 valence electrons. The van der Waals surface area contributed by atoms with Gasteiger partial charge in [0.25, 0.3) is 5.91 Å². The van der Waals surface area contributed by atoms with Crippen molar-refractivity contribution < 1.29 is 9.18 Å².